The van der Waals surface area contributed by atoms with E-state index in [1.807, 2.05) is 25.2 Å². The Hall–Kier alpha value is -3.13. The maximum atomic E-state index is 13.1. The van der Waals surface area contributed by atoms with Crippen LogP contribution in [0.5, 0.6) is 0 Å². The standard InChI is InChI=1S/C24H27F3N4O/c1-17-22(15-23(32)28-12-13-30(3)16-19-8-5-4-6-9-19)18(2)31(29-17)21-11-7-10-20(14-21)24(25,26)27/h4-11,14H,12-13,15-16H2,1-3H3,(H,28,32). The molecule has 0 aliphatic rings. The number of carbonyl (C=O) groups is 1. The van der Waals surface area contributed by atoms with E-state index in [1.165, 1.54) is 16.3 Å². The molecule has 3 aromatic rings. The number of hydrogen-bond donors (Lipinski definition) is 1. The number of amides is 1. The fourth-order valence-electron chi connectivity index (χ4n) is 3.58. The van der Waals surface area contributed by atoms with Gasteiger partial charge in [0, 0.05) is 30.9 Å². The zero-order valence-electron chi connectivity index (χ0n) is 18.4. The Morgan fingerprint density at radius 2 is 1.81 bits per heavy atom. The molecule has 5 nitrogen and oxygen atoms in total. The van der Waals surface area contributed by atoms with E-state index in [1.54, 1.807) is 19.9 Å². The normalized spacial score (nSPS) is 11.7. The third kappa shape index (κ3) is 5.97. The van der Waals surface area contributed by atoms with Crippen molar-refractivity contribution in [2.24, 2.45) is 0 Å². The van der Waals surface area contributed by atoms with Crippen LogP contribution in [0.25, 0.3) is 5.69 Å². The van der Waals surface area contributed by atoms with Crippen LogP contribution in [0.2, 0.25) is 0 Å². The van der Waals surface area contributed by atoms with Gasteiger partial charge in [-0.3, -0.25) is 4.79 Å². The number of rotatable bonds is 8. The van der Waals surface area contributed by atoms with Crippen LogP contribution in [-0.2, 0) is 23.9 Å². The molecule has 3 rings (SSSR count). The highest BCUT2D eigenvalue weighted by Gasteiger charge is 2.30. The van der Waals surface area contributed by atoms with Gasteiger partial charge in [0.15, 0.2) is 0 Å². The fourth-order valence-corrected chi connectivity index (χ4v) is 3.58. The molecule has 0 aliphatic carbocycles. The van der Waals surface area contributed by atoms with Crippen molar-refractivity contribution in [2.45, 2.75) is 33.0 Å². The van der Waals surface area contributed by atoms with Gasteiger partial charge in [-0.15, -0.1) is 0 Å². The highest BCUT2D eigenvalue weighted by atomic mass is 19.4. The van der Waals surface area contributed by atoms with Crippen LogP contribution in [0.3, 0.4) is 0 Å². The highest BCUT2D eigenvalue weighted by Crippen LogP contribution is 2.30. The van der Waals surface area contributed by atoms with Crippen LogP contribution in [0.15, 0.2) is 54.6 Å². The smallest absolute Gasteiger partial charge is 0.355 e. The quantitative estimate of drug-likeness (QED) is 0.564. The first-order valence-corrected chi connectivity index (χ1v) is 10.4. The SMILES string of the molecule is Cc1nn(-c2cccc(C(F)(F)F)c2)c(C)c1CC(=O)NCCN(C)Cc1ccccc1. The van der Waals surface area contributed by atoms with Gasteiger partial charge < -0.3 is 10.2 Å². The van der Waals surface area contributed by atoms with Crippen molar-refractivity contribution >= 4 is 5.91 Å². The topological polar surface area (TPSA) is 50.2 Å². The van der Waals surface area contributed by atoms with E-state index in [9.17, 15) is 18.0 Å². The van der Waals surface area contributed by atoms with E-state index in [0.29, 0.717) is 30.2 Å². The Labute approximate surface area is 185 Å². The summed E-state index contributed by atoms with van der Waals surface area (Å²) in [6.07, 6.45) is -4.30. The predicted octanol–water partition coefficient (Wildman–Crippen LogP) is 4.30. The summed E-state index contributed by atoms with van der Waals surface area (Å²) in [5.41, 5.74) is 2.78. The molecule has 0 atom stereocenters. The Kier molecular flexibility index (Phi) is 7.35. The minimum Gasteiger partial charge on any atom is -0.355 e. The van der Waals surface area contributed by atoms with Gasteiger partial charge in [-0.2, -0.15) is 18.3 Å². The molecule has 0 bridgehead atoms. The lowest BCUT2D eigenvalue weighted by Gasteiger charge is -2.17. The van der Waals surface area contributed by atoms with Gasteiger partial charge in [0.05, 0.1) is 23.4 Å². The molecule has 170 valence electrons. The van der Waals surface area contributed by atoms with Crippen molar-refractivity contribution in [1.82, 2.24) is 20.0 Å². The first-order chi connectivity index (χ1) is 15.1. The summed E-state index contributed by atoms with van der Waals surface area (Å²) in [7, 11) is 1.99. The average Bonchev–Trinajstić information content (AvgIpc) is 3.02. The lowest BCUT2D eigenvalue weighted by Crippen LogP contribution is -2.33. The van der Waals surface area contributed by atoms with E-state index < -0.39 is 11.7 Å². The maximum Gasteiger partial charge on any atom is 0.416 e. The number of nitrogens with one attached hydrogen (secondary N) is 1. The molecule has 0 unspecified atom stereocenters. The molecule has 0 saturated heterocycles. The van der Waals surface area contributed by atoms with Gasteiger partial charge in [0.25, 0.3) is 0 Å². The number of aryl methyl sites for hydroxylation is 1. The maximum absolute atomic E-state index is 13.1. The van der Waals surface area contributed by atoms with Gasteiger partial charge in [0.2, 0.25) is 5.91 Å². The number of nitrogens with zero attached hydrogens (tertiary/aromatic N) is 3. The summed E-state index contributed by atoms with van der Waals surface area (Å²) in [4.78, 5) is 14.6. The van der Waals surface area contributed by atoms with Gasteiger partial charge in [0.1, 0.15) is 0 Å². The van der Waals surface area contributed by atoms with Crippen molar-refractivity contribution < 1.29 is 18.0 Å². The van der Waals surface area contributed by atoms with Crippen molar-refractivity contribution in [3.63, 3.8) is 0 Å². The second kappa shape index (κ2) is 9.99. The minimum atomic E-state index is -4.43. The number of aromatic nitrogens is 2. The number of carbonyl (C=O) groups excluding carboxylic acids is 1. The van der Waals surface area contributed by atoms with Gasteiger partial charge in [-0.25, -0.2) is 4.68 Å². The molecule has 0 fully saturated rings. The predicted molar refractivity (Wildman–Crippen MR) is 118 cm³/mol. The second-order valence-corrected chi connectivity index (χ2v) is 7.86. The number of likely N-dealkylation sites (N-methyl/N-ethyl adjacent to an activating group) is 1. The molecule has 32 heavy (non-hydrogen) atoms. The lowest BCUT2D eigenvalue weighted by molar-refractivity contribution is -0.137. The molecule has 0 aliphatic heterocycles. The second-order valence-electron chi connectivity index (χ2n) is 7.86. The molecule has 1 amide bonds. The summed E-state index contributed by atoms with van der Waals surface area (Å²) in [5.74, 6) is -0.145. The Morgan fingerprint density at radius 3 is 2.50 bits per heavy atom. The Bertz CT molecular complexity index is 1060. The summed E-state index contributed by atoms with van der Waals surface area (Å²) in [6, 6.07) is 15.1. The number of alkyl halides is 3. The average molecular weight is 445 g/mol. The van der Waals surface area contributed by atoms with E-state index in [4.69, 9.17) is 0 Å². The van der Waals surface area contributed by atoms with Crippen molar-refractivity contribution in [3.8, 4) is 5.69 Å². The number of halogens is 3. The third-order valence-corrected chi connectivity index (χ3v) is 5.31. The largest absolute Gasteiger partial charge is 0.416 e. The third-order valence-electron chi connectivity index (χ3n) is 5.31. The molecule has 1 aromatic heterocycles. The summed E-state index contributed by atoms with van der Waals surface area (Å²) in [6.45, 7) is 5.51. The van der Waals surface area contributed by atoms with Crippen LogP contribution in [0.1, 0.15) is 28.1 Å². The van der Waals surface area contributed by atoms with Gasteiger partial charge in [-0.1, -0.05) is 36.4 Å². The monoisotopic (exact) mass is 444 g/mol. The highest BCUT2D eigenvalue weighted by molar-refractivity contribution is 5.79. The molecule has 2 aromatic carbocycles. The zero-order chi connectivity index (χ0) is 23.3. The summed E-state index contributed by atoms with van der Waals surface area (Å²) in [5, 5.41) is 7.29. The summed E-state index contributed by atoms with van der Waals surface area (Å²) < 4.78 is 40.6. The molecule has 1 heterocycles. The lowest BCUT2D eigenvalue weighted by atomic mass is 10.1. The number of hydrogen-bond acceptors (Lipinski definition) is 3. The molecule has 0 spiro atoms. The molecule has 1 N–H and O–H groups in total. The molecular weight excluding hydrogens is 417 g/mol. The van der Waals surface area contributed by atoms with Crippen LogP contribution in [-0.4, -0.2) is 40.7 Å². The van der Waals surface area contributed by atoms with Crippen LogP contribution < -0.4 is 5.32 Å². The van der Waals surface area contributed by atoms with Crippen molar-refractivity contribution in [1.29, 1.82) is 0 Å². The first-order valence-electron chi connectivity index (χ1n) is 10.4. The van der Waals surface area contributed by atoms with Crippen LogP contribution in [0, 0.1) is 13.8 Å². The van der Waals surface area contributed by atoms with Crippen molar-refractivity contribution in [2.75, 3.05) is 20.1 Å². The fraction of sp³-hybridized carbons (Fsp3) is 0.333. The first kappa shape index (κ1) is 23.5. The number of benzene rings is 2. The van der Waals surface area contributed by atoms with Crippen LogP contribution in [0.4, 0.5) is 13.2 Å². The molecule has 0 radical (unpaired) electrons. The molecular formula is C24H27F3N4O. The molecule has 0 saturated carbocycles. The van der Waals surface area contributed by atoms with E-state index in [-0.39, 0.29) is 12.3 Å². The zero-order valence-corrected chi connectivity index (χ0v) is 18.4. The van der Waals surface area contributed by atoms with E-state index >= 15 is 0 Å². The van der Waals surface area contributed by atoms with Crippen molar-refractivity contribution in [3.05, 3.63) is 82.7 Å². The van der Waals surface area contributed by atoms with E-state index in [0.717, 1.165) is 24.2 Å². The Balaban J connectivity index is 1.60. The van der Waals surface area contributed by atoms with E-state index in [2.05, 4.69) is 27.4 Å². The van der Waals surface area contributed by atoms with Crippen LogP contribution >= 0.6 is 0 Å². The minimum absolute atomic E-state index is 0.124. The summed E-state index contributed by atoms with van der Waals surface area (Å²) >= 11 is 0. The Morgan fingerprint density at radius 1 is 1.09 bits per heavy atom. The molecule has 8 heteroatoms. The van der Waals surface area contributed by atoms with Gasteiger partial charge >= 0.3 is 6.18 Å². The van der Waals surface area contributed by atoms with Gasteiger partial charge in [-0.05, 0) is 44.7 Å².